The number of amides is 2. The number of sulfonamides is 1. The van der Waals surface area contributed by atoms with E-state index in [1.54, 1.807) is 30.3 Å². The van der Waals surface area contributed by atoms with Gasteiger partial charge in [-0.3, -0.25) is 13.9 Å². The molecule has 4 rings (SSSR count). The molecular formula is C34H33Cl3FN3O4S. The predicted octanol–water partition coefficient (Wildman–Crippen LogP) is 7.39. The largest absolute Gasteiger partial charge is 0.354 e. The van der Waals surface area contributed by atoms with Crippen LogP contribution in [0.25, 0.3) is 0 Å². The lowest BCUT2D eigenvalue weighted by atomic mass is 10.0. The van der Waals surface area contributed by atoms with Gasteiger partial charge in [-0.2, -0.15) is 0 Å². The summed E-state index contributed by atoms with van der Waals surface area (Å²) in [7, 11) is -4.36. The van der Waals surface area contributed by atoms with Gasteiger partial charge >= 0.3 is 0 Å². The van der Waals surface area contributed by atoms with E-state index in [2.05, 4.69) is 5.32 Å². The number of nitrogens with zero attached hydrogens (tertiary/aromatic N) is 2. The summed E-state index contributed by atoms with van der Waals surface area (Å²) >= 11 is 18.7. The first-order valence-electron chi connectivity index (χ1n) is 14.4. The van der Waals surface area contributed by atoms with Crippen LogP contribution >= 0.6 is 34.8 Å². The van der Waals surface area contributed by atoms with E-state index in [9.17, 15) is 22.4 Å². The zero-order valence-corrected chi connectivity index (χ0v) is 28.3. The maximum absolute atomic E-state index is 14.5. The second kappa shape index (κ2) is 15.8. The molecule has 46 heavy (non-hydrogen) atoms. The van der Waals surface area contributed by atoms with Crippen molar-refractivity contribution in [3.8, 4) is 0 Å². The first-order valence-corrected chi connectivity index (χ1v) is 17.0. The Bertz CT molecular complexity index is 1780. The number of hydrogen-bond acceptors (Lipinski definition) is 4. The molecule has 0 heterocycles. The molecule has 12 heteroatoms. The first kappa shape index (κ1) is 35.2. The molecule has 0 bridgehead atoms. The quantitative estimate of drug-likeness (QED) is 0.157. The van der Waals surface area contributed by atoms with Crippen molar-refractivity contribution in [2.45, 2.75) is 37.8 Å². The molecule has 7 nitrogen and oxygen atoms in total. The average molecular weight is 705 g/mol. The van der Waals surface area contributed by atoms with Crippen molar-refractivity contribution in [2.75, 3.05) is 17.4 Å². The van der Waals surface area contributed by atoms with Crippen molar-refractivity contribution in [1.29, 1.82) is 0 Å². The van der Waals surface area contributed by atoms with Crippen molar-refractivity contribution < 1.29 is 22.4 Å². The molecule has 0 aliphatic carbocycles. The highest BCUT2D eigenvalue weighted by atomic mass is 35.5. The smallest absolute Gasteiger partial charge is 0.264 e. The van der Waals surface area contributed by atoms with Crippen LogP contribution in [-0.2, 0) is 32.6 Å². The molecule has 0 aliphatic rings. The fourth-order valence-electron chi connectivity index (χ4n) is 4.70. The molecule has 4 aromatic carbocycles. The first-order chi connectivity index (χ1) is 21.9. The van der Waals surface area contributed by atoms with Crippen LogP contribution in [-0.4, -0.2) is 44.3 Å². The van der Waals surface area contributed by atoms with Gasteiger partial charge in [0.1, 0.15) is 18.4 Å². The monoisotopic (exact) mass is 703 g/mol. The number of nitrogens with one attached hydrogen (secondary N) is 1. The van der Waals surface area contributed by atoms with E-state index < -0.39 is 40.2 Å². The summed E-state index contributed by atoms with van der Waals surface area (Å²) in [5.41, 5.74) is 1.25. The Morgan fingerprint density at radius 2 is 1.50 bits per heavy atom. The Hall–Kier alpha value is -3.63. The minimum absolute atomic E-state index is 0.0306. The molecule has 0 saturated heterocycles. The minimum Gasteiger partial charge on any atom is -0.354 e. The third-order valence-corrected chi connectivity index (χ3v) is 9.78. The van der Waals surface area contributed by atoms with Gasteiger partial charge in [-0.1, -0.05) is 103 Å². The summed E-state index contributed by atoms with van der Waals surface area (Å²) in [5, 5.41) is 3.26. The SMILES string of the molecule is CC(C)CNC(=O)C(Cc1ccccc1)N(Cc1ccc(Cl)cc1Cl)C(=O)CN(c1ccc(F)c(Cl)c1)S(=O)(=O)c1ccccc1. The minimum atomic E-state index is -4.36. The van der Waals surface area contributed by atoms with Gasteiger partial charge in [0.25, 0.3) is 10.0 Å². The Balaban J connectivity index is 1.83. The Morgan fingerprint density at radius 1 is 0.848 bits per heavy atom. The van der Waals surface area contributed by atoms with Crippen LogP contribution in [0, 0.1) is 11.7 Å². The molecule has 1 N–H and O–H groups in total. The van der Waals surface area contributed by atoms with E-state index in [1.165, 1.54) is 29.2 Å². The number of benzene rings is 4. The van der Waals surface area contributed by atoms with E-state index in [-0.39, 0.29) is 39.5 Å². The summed E-state index contributed by atoms with van der Waals surface area (Å²) in [4.78, 5) is 29.5. The van der Waals surface area contributed by atoms with Crippen molar-refractivity contribution in [3.63, 3.8) is 0 Å². The van der Waals surface area contributed by atoms with Crippen molar-refractivity contribution >= 4 is 62.3 Å². The molecule has 2 amide bonds. The topological polar surface area (TPSA) is 86.8 Å². The highest BCUT2D eigenvalue weighted by molar-refractivity contribution is 7.92. The van der Waals surface area contributed by atoms with E-state index in [4.69, 9.17) is 34.8 Å². The van der Waals surface area contributed by atoms with Gasteiger partial charge in [0.15, 0.2) is 0 Å². The van der Waals surface area contributed by atoms with Crippen LogP contribution in [0.5, 0.6) is 0 Å². The van der Waals surface area contributed by atoms with Crippen LogP contribution in [0.4, 0.5) is 10.1 Å². The van der Waals surface area contributed by atoms with Crippen LogP contribution in [0.15, 0.2) is 102 Å². The average Bonchev–Trinajstić information content (AvgIpc) is 3.03. The number of anilines is 1. The summed E-state index contributed by atoms with van der Waals surface area (Å²) in [6, 6.07) is 23.8. The lowest BCUT2D eigenvalue weighted by Crippen LogP contribution is -2.53. The van der Waals surface area contributed by atoms with Crippen LogP contribution < -0.4 is 9.62 Å². The standard InChI is InChI=1S/C34H33Cl3FN3O4S/c1-23(2)20-39-34(43)32(17-24-9-5-3-6-10-24)40(21-25-13-14-26(35)18-29(25)36)33(42)22-41(27-15-16-31(38)30(37)19-27)46(44,45)28-11-7-4-8-12-28/h3-16,18-19,23,32H,17,20-22H2,1-2H3,(H,39,43). The van der Waals surface area contributed by atoms with Gasteiger partial charge in [0.2, 0.25) is 11.8 Å². The summed E-state index contributed by atoms with van der Waals surface area (Å²) in [5.74, 6) is -1.74. The number of rotatable bonds is 13. The van der Waals surface area contributed by atoms with Gasteiger partial charge in [0, 0.05) is 29.6 Å². The molecule has 1 atom stereocenters. The number of carbonyl (C=O) groups is 2. The highest BCUT2D eigenvalue weighted by Gasteiger charge is 2.35. The zero-order valence-electron chi connectivity index (χ0n) is 25.2. The molecule has 0 saturated carbocycles. The fourth-order valence-corrected chi connectivity index (χ4v) is 6.77. The number of hydrogen-bond donors (Lipinski definition) is 1. The molecule has 0 fully saturated rings. The molecular weight excluding hydrogens is 672 g/mol. The molecule has 1 unspecified atom stereocenters. The van der Waals surface area contributed by atoms with Crippen molar-refractivity contribution in [2.24, 2.45) is 5.92 Å². The third-order valence-electron chi connectivity index (χ3n) is 7.11. The Kier molecular flexibility index (Phi) is 12.1. The van der Waals surface area contributed by atoms with Crippen LogP contribution in [0.2, 0.25) is 15.1 Å². The molecule has 0 aliphatic heterocycles. The normalized spacial score (nSPS) is 12.1. The van der Waals surface area contributed by atoms with Gasteiger partial charge in [-0.15, -0.1) is 0 Å². The zero-order chi connectivity index (χ0) is 33.4. The number of carbonyl (C=O) groups excluding carboxylic acids is 2. The second-order valence-electron chi connectivity index (χ2n) is 11.0. The van der Waals surface area contributed by atoms with Crippen molar-refractivity contribution in [1.82, 2.24) is 10.2 Å². The summed E-state index contributed by atoms with van der Waals surface area (Å²) < 4.78 is 43.1. The maximum Gasteiger partial charge on any atom is 0.264 e. The lowest BCUT2D eigenvalue weighted by Gasteiger charge is -2.34. The predicted molar refractivity (Wildman–Crippen MR) is 181 cm³/mol. The Morgan fingerprint density at radius 3 is 2.11 bits per heavy atom. The third kappa shape index (κ3) is 9.00. The van der Waals surface area contributed by atoms with Crippen LogP contribution in [0.3, 0.4) is 0 Å². The summed E-state index contributed by atoms with van der Waals surface area (Å²) in [6.45, 7) is 3.39. The molecule has 0 spiro atoms. The van der Waals surface area contributed by atoms with E-state index in [0.29, 0.717) is 17.1 Å². The van der Waals surface area contributed by atoms with E-state index in [1.807, 2.05) is 44.2 Å². The fraction of sp³-hybridized carbons (Fsp3) is 0.235. The van der Waals surface area contributed by atoms with Gasteiger partial charge in [-0.25, -0.2) is 12.8 Å². The van der Waals surface area contributed by atoms with Gasteiger partial charge < -0.3 is 10.2 Å². The highest BCUT2D eigenvalue weighted by Crippen LogP contribution is 2.29. The summed E-state index contributed by atoms with van der Waals surface area (Å²) in [6.07, 6.45) is 0.134. The van der Waals surface area contributed by atoms with Gasteiger partial charge in [-0.05, 0) is 59.5 Å². The van der Waals surface area contributed by atoms with Crippen LogP contribution in [0.1, 0.15) is 25.0 Å². The molecule has 0 radical (unpaired) electrons. The van der Waals surface area contributed by atoms with Gasteiger partial charge in [0.05, 0.1) is 15.6 Å². The molecule has 0 aromatic heterocycles. The second-order valence-corrected chi connectivity index (χ2v) is 14.1. The maximum atomic E-state index is 14.5. The number of halogens is 4. The van der Waals surface area contributed by atoms with Crippen molar-refractivity contribution in [3.05, 3.63) is 129 Å². The molecule has 4 aromatic rings. The lowest BCUT2D eigenvalue weighted by molar-refractivity contribution is -0.140. The van der Waals surface area contributed by atoms with E-state index in [0.717, 1.165) is 22.0 Å². The van der Waals surface area contributed by atoms with E-state index >= 15 is 0 Å². The molecule has 242 valence electrons. The Labute approximate surface area is 283 Å².